The van der Waals surface area contributed by atoms with Crippen LogP contribution in [0.15, 0.2) is 37.6 Å². The second-order valence-electron chi connectivity index (χ2n) is 2.95. The van der Waals surface area contributed by atoms with Gasteiger partial charge in [0.05, 0.1) is 8.70 Å². The van der Waals surface area contributed by atoms with Gasteiger partial charge in [-0.15, -0.1) is 0 Å². The number of esters is 1. The minimum absolute atomic E-state index is 0.155. The average molecular weight is 457 g/mol. The maximum atomic E-state index is 11.8. The topological polar surface area (TPSA) is 55.4 Å². The smallest absolute Gasteiger partial charge is 0.356 e. The van der Waals surface area contributed by atoms with E-state index in [2.05, 4.69) is 10.1 Å². The van der Waals surface area contributed by atoms with E-state index in [9.17, 15) is 9.59 Å². The molecule has 0 heterocycles. The van der Waals surface area contributed by atoms with Crippen LogP contribution < -0.4 is 5.32 Å². The quantitative estimate of drug-likeness (QED) is 0.432. The van der Waals surface area contributed by atoms with E-state index in [0.717, 1.165) is 0 Å². The van der Waals surface area contributed by atoms with Gasteiger partial charge in [-0.3, -0.25) is 4.79 Å². The van der Waals surface area contributed by atoms with Gasteiger partial charge in [0.2, 0.25) is 0 Å². The van der Waals surface area contributed by atoms with Crippen molar-refractivity contribution in [1.82, 2.24) is 5.32 Å². The number of amides is 1. The number of rotatable bonds is 3. The molecule has 0 aliphatic rings. The summed E-state index contributed by atoms with van der Waals surface area (Å²) in [6.07, 6.45) is 0. The second-order valence-corrected chi connectivity index (χ2v) is 7.17. The van der Waals surface area contributed by atoms with Crippen LogP contribution in [0.3, 0.4) is 0 Å². The third kappa shape index (κ3) is 4.26. The van der Waals surface area contributed by atoms with Crippen LogP contribution in [0.1, 0.15) is 10.4 Å². The summed E-state index contributed by atoms with van der Waals surface area (Å²) in [7, 11) is 1.27. The summed E-state index contributed by atoms with van der Waals surface area (Å²) in [6.45, 7) is 0. The molecule has 17 heavy (non-hydrogen) atoms. The molecule has 0 saturated carbocycles. The Morgan fingerprint density at radius 1 is 1.18 bits per heavy atom. The van der Waals surface area contributed by atoms with Gasteiger partial charge in [0.25, 0.3) is 5.91 Å². The molecule has 1 N–H and O–H groups in total. The highest BCUT2D eigenvalue weighted by Crippen LogP contribution is 2.20. The van der Waals surface area contributed by atoms with E-state index in [0.29, 0.717) is 7.15 Å². The Labute approximate surface area is 126 Å². The first-order valence-corrected chi connectivity index (χ1v) is 6.72. The number of carbonyl (C=O) groups is 2. The molecule has 90 valence electrons. The second kappa shape index (κ2) is 6.94. The molecule has 0 unspecified atom stereocenters. The van der Waals surface area contributed by atoms with E-state index < -0.39 is 5.97 Å². The number of nitrogens with one attached hydrogen (secondary N) is 1. The van der Waals surface area contributed by atoms with Crippen LogP contribution in [0.25, 0.3) is 0 Å². The summed E-state index contributed by atoms with van der Waals surface area (Å²) in [6, 6.07) is 8.67. The van der Waals surface area contributed by atoms with Crippen LogP contribution in [-0.2, 0) is 9.53 Å². The van der Waals surface area contributed by atoms with Crippen molar-refractivity contribution in [3.05, 3.63) is 43.2 Å². The maximum Gasteiger partial charge on any atom is 0.356 e. The molecular weight excluding hydrogens is 448 g/mol. The van der Waals surface area contributed by atoms with Gasteiger partial charge in [-0.1, -0.05) is 18.2 Å². The Balaban J connectivity index is 2.87. The molecule has 0 atom stereocenters. The lowest BCUT2D eigenvalue weighted by Gasteiger charge is -2.08. The van der Waals surface area contributed by atoms with Crippen molar-refractivity contribution in [3.8, 4) is 0 Å². The van der Waals surface area contributed by atoms with Crippen LogP contribution in [0, 0.1) is 0 Å². The molecule has 0 bridgehead atoms. The van der Waals surface area contributed by atoms with Crippen molar-refractivity contribution in [1.29, 1.82) is 0 Å². The number of hydrogen-bond donors (Lipinski definition) is 1. The molecule has 0 aromatic heterocycles. The Morgan fingerprint density at radius 3 is 2.24 bits per heavy atom. The number of hydrogen-bond acceptors (Lipinski definition) is 3. The molecule has 0 saturated heterocycles. The summed E-state index contributed by atoms with van der Waals surface area (Å²) in [5.74, 6) is -0.898. The fourth-order valence-corrected chi connectivity index (χ4v) is 1.76. The average Bonchev–Trinajstić information content (AvgIpc) is 2.35. The van der Waals surface area contributed by atoms with E-state index >= 15 is 0 Å². The zero-order chi connectivity index (χ0) is 12.8. The molecule has 0 fully saturated rings. The van der Waals surface area contributed by atoms with Crippen LogP contribution in [0.5, 0.6) is 0 Å². The lowest BCUT2D eigenvalue weighted by Crippen LogP contribution is -2.28. The maximum absolute atomic E-state index is 11.8. The first kappa shape index (κ1) is 14.4. The van der Waals surface area contributed by atoms with Gasteiger partial charge >= 0.3 is 5.97 Å². The van der Waals surface area contributed by atoms with Crippen molar-refractivity contribution in [2.45, 2.75) is 0 Å². The van der Waals surface area contributed by atoms with Gasteiger partial charge in [-0.05, 0) is 57.3 Å². The number of halogens is 2. The summed E-state index contributed by atoms with van der Waals surface area (Å²) in [4.78, 5) is 23.2. The lowest BCUT2D eigenvalue weighted by atomic mass is 10.2. The molecule has 1 aromatic rings. The van der Waals surface area contributed by atoms with E-state index in [1.165, 1.54) is 7.11 Å². The summed E-state index contributed by atoms with van der Waals surface area (Å²) in [5.41, 5.74) is 0.644. The number of ether oxygens (including phenoxy) is 1. The largest absolute Gasteiger partial charge is 0.464 e. The number of methoxy groups -OCH3 is 1. The Morgan fingerprint density at radius 2 is 1.76 bits per heavy atom. The van der Waals surface area contributed by atoms with Crippen molar-refractivity contribution in [2.24, 2.45) is 0 Å². The SMILES string of the molecule is COC(=O)C(NC(=O)c1ccccc1)=C(I)I. The summed E-state index contributed by atoms with van der Waals surface area (Å²) >= 11 is 3.89. The van der Waals surface area contributed by atoms with Crippen molar-refractivity contribution in [3.63, 3.8) is 0 Å². The van der Waals surface area contributed by atoms with E-state index in [1.807, 2.05) is 51.2 Å². The molecule has 1 amide bonds. The van der Waals surface area contributed by atoms with Crippen LogP contribution >= 0.6 is 45.2 Å². The highest BCUT2D eigenvalue weighted by Gasteiger charge is 2.17. The molecule has 0 aliphatic heterocycles. The standard InChI is InChI=1S/C11H9I2NO3/c1-17-11(16)8(9(12)13)14-10(15)7-5-3-2-4-6-7/h2-6H,1H3,(H,14,15). The predicted octanol–water partition coefficient (Wildman–Crippen LogP) is 2.63. The van der Waals surface area contributed by atoms with Gasteiger partial charge in [0, 0.05) is 5.56 Å². The third-order valence-corrected chi connectivity index (χ3v) is 2.93. The predicted molar refractivity (Wildman–Crippen MR) is 81.0 cm³/mol. The Bertz CT molecular complexity index is 453. The molecule has 0 spiro atoms. The minimum atomic E-state index is -0.562. The van der Waals surface area contributed by atoms with Gasteiger partial charge in [0.15, 0.2) is 0 Å². The van der Waals surface area contributed by atoms with Crippen LogP contribution in [-0.4, -0.2) is 19.0 Å². The Hall–Kier alpha value is -0.640. The lowest BCUT2D eigenvalue weighted by molar-refractivity contribution is -0.136. The molecule has 4 nitrogen and oxygen atoms in total. The molecule has 0 aliphatic carbocycles. The minimum Gasteiger partial charge on any atom is -0.464 e. The molecular formula is C11H9I2NO3. The first-order valence-electron chi connectivity index (χ1n) is 4.56. The molecule has 6 heteroatoms. The normalized spacial score (nSPS) is 9.35. The van der Waals surface area contributed by atoms with Crippen molar-refractivity contribution >= 4 is 57.1 Å². The van der Waals surface area contributed by atoms with Gasteiger partial charge in [-0.2, -0.15) is 0 Å². The van der Waals surface area contributed by atoms with E-state index in [-0.39, 0.29) is 11.6 Å². The van der Waals surface area contributed by atoms with Gasteiger partial charge < -0.3 is 10.1 Å². The molecule has 0 radical (unpaired) electrons. The zero-order valence-corrected chi connectivity index (χ0v) is 13.2. The Kier molecular flexibility index (Phi) is 5.89. The van der Waals surface area contributed by atoms with Crippen LogP contribution in [0.2, 0.25) is 0 Å². The highest BCUT2D eigenvalue weighted by atomic mass is 127. The molecule has 1 rings (SSSR count). The summed E-state index contributed by atoms with van der Waals surface area (Å²) in [5, 5.41) is 2.53. The number of benzene rings is 1. The third-order valence-electron chi connectivity index (χ3n) is 1.85. The van der Waals surface area contributed by atoms with E-state index in [1.54, 1.807) is 24.3 Å². The highest BCUT2D eigenvalue weighted by molar-refractivity contribution is 14.2. The van der Waals surface area contributed by atoms with Crippen molar-refractivity contribution < 1.29 is 14.3 Å². The number of carbonyl (C=O) groups excluding carboxylic acids is 2. The van der Waals surface area contributed by atoms with Gasteiger partial charge in [0.1, 0.15) is 5.70 Å². The van der Waals surface area contributed by atoms with Crippen LogP contribution in [0.4, 0.5) is 0 Å². The molecule has 1 aromatic carbocycles. The van der Waals surface area contributed by atoms with E-state index in [4.69, 9.17) is 0 Å². The fraction of sp³-hybridized carbons (Fsp3) is 0.0909. The fourth-order valence-electron chi connectivity index (χ4n) is 1.05. The summed E-state index contributed by atoms with van der Waals surface area (Å²) < 4.78 is 5.22. The zero-order valence-electron chi connectivity index (χ0n) is 8.87. The van der Waals surface area contributed by atoms with Gasteiger partial charge in [-0.25, -0.2) is 4.79 Å². The van der Waals surface area contributed by atoms with Crippen molar-refractivity contribution in [2.75, 3.05) is 7.11 Å². The first-order chi connectivity index (χ1) is 8.06. The monoisotopic (exact) mass is 457 g/mol.